The number of hydrogen-bond donors (Lipinski definition) is 2. The molecule has 2 aromatic carbocycles. The van der Waals surface area contributed by atoms with Crippen molar-refractivity contribution in [3.05, 3.63) is 59.7 Å². The van der Waals surface area contributed by atoms with E-state index in [1.807, 2.05) is 6.92 Å². The maximum atomic E-state index is 12.6. The summed E-state index contributed by atoms with van der Waals surface area (Å²) in [6.07, 6.45) is 0. The monoisotopic (exact) mass is 413 g/mol. The van der Waals surface area contributed by atoms with E-state index in [0.29, 0.717) is 55.5 Å². The van der Waals surface area contributed by atoms with Crippen molar-refractivity contribution in [2.75, 3.05) is 38.2 Å². The van der Waals surface area contributed by atoms with Crippen LogP contribution in [0.1, 0.15) is 27.6 Å². The molecule has 7 nitrogen and oxygen atoms in total. The van der Waals surface area contributed by atoms with Gasteiger partial charge in [-0.1, -0.05) is 6.07 Å². The zero-order valence-corrected chi connectivity index (χ0v) is 17.0. The standard InChI is InChI=1S/C21H23N3O4S/c1-2-28-18-8-6-15(7-9-18)19(25)23-21(29)22-17-5-3-4-16(14-17)20(26)24-10-12-27-13-11-24/h3-9,14H,2,10-13H2,1H3,(H2,22,23,25,29). The average Bonchev–Trinajstić information content (AvgIpc) is 2.74. The molecule has 1 fully saturated rings. The maximum Gasteiger partial charge on any atom is 0.257 e. The Morgan fingerprint density at radius 1 is 1.10 bits per heavy atom. The third-order valence-corrected chi connectivity index (χ3v) is 4.52. The number of carbonyl (C=O) groups excluding carboxylic acids is 2. The Bertz CT molecular complexity index is 880. The normalized spacial score (nSPS) is 13.5. The Hall–Kier alpha value is -2.97. The number of morpholine rings is 1. The number of anilines is 1. The van der Waals surface area contributed by atoms with Crippen LogP contribution in [0.3, 0.4) is 0 Å². The van der Waals surface area contributed by atoms with Crippen LogP contribution in [-0.2, 0) is 4.74 Å². The number of amides is 2. The molecule has 0 spiro atoms. The zero-order valence-electron chi connectivity index (χ0n) is 16.1. The molecule has 1 heterocycles. The zero-order chi connectivity index (χ0) is 20.6. The molecule has 2 amide bonds. The summed E-state index contributed by atoms with van der Waals surface area (Å²) in [5, 5.41) is 5.74. The number of thiocarbonyl (C=S) groups is 1. The van der Waals surface area contributed by atoms with Crippen molar-refractivity contribution in [3.8, 4) is 5.75 Å². The molecule has 1 aliphatic rings. The van der Waals surface area contributed by atoms with E-state index >= 15 is 0 Å². The van der Waals surface area contributed by atoms with Crippen LogP contribution in [0.25, 0.3) is 0 Å². The topological polar surface area (TPSA) is 79.9 Å². The van der Waals surface area contributed by atoms with E-state index in [1.54, 1.807) is 53.4 Å². The average molecular weight is 413 g/mol. The van der Waals surface area contributed by atoms with Gasteiger partial charge in [0, 0.05) is 29.9 Å². The number of nitrogens with zero attached hydrogens (tertiary/aromatic N) is 1. The van der Waals surface area contributed by atoms with Gasteiger partial charge in [0.05, 0.1) is 19.8 Å². The second kappa shape index (κ2) is 9.99. The van der Waals surface area contributed by atoms with Crippen LogP contribution < -0.4 is 15.4 Å². The van der Waals surface area contributed by atoms with Gasteiger partial charge in [-0.05, 0) is 61.6 Å². The number of nitrogens with one attached hydrogen (secondary N) is 2. The number of rotatable bonds is 5. The van der Waals surface area contributed by atoms with Gasteiger partial charge in [0.2, 0.25) is 0 Å². The first-order chi connectivity index (χ1) is 14.1. The van der Waals surface area contributed by atoms with Crippen LogP contribution in [-0.4, -0.2) is 54.7 Å². The second-order valence-electron chi connectivity index (χ2n) is 6.35. The quantitative estimate of drug-likeness (QED) is 0.734. The highest BCUT2D eigenvalue weighted by atomic mass is 32.1. The SMILES string of the molecule is CCOc1ccc(C(=O)NC(=S)Nc2cccc(C(=O)N3CCOCC3)c2)cc1. The molecule has 0 atom stereocenters. The highest BCUT2D eigenvalue weighted by Gasteiger charge is 2.18. The summed E-state index contributed by atoms with van der Waals surface area (Å²) in [7, 11) is 0. The Morgan fingerprint density at radius 3 is 2.52 bits per heavy atom. The van der Waals surface area contributed by atoms with Crippen molar-refractivity contribution < 1.29 is 19.1 Å². The third kappa shape index (κ3) is 5.75. The van der Waals surface area contributed by atoms with Crippen LogP contribution in [0.2, 0.25) is 0 Å². The molecule has 0 radical (unpaired) electrons. The van der Waals surface area contributed by atoms with Crippen LogP contribution in [0.5, 0.6) is 5.75 Å². The maximum absolute atomic E-state index is 12.6. The lowest BCUT2D eigenvalue weighted by atomic mass is 10.1. The highest BCUT2D eigenvalue weighted by Crippen LogP contribution is 2.15. The first-order valence-corrected chi connectivity index (χ1v) is 9.80. The molecule has 0 aromatic heterocycles. The molecule has 1 aliphatic heterocycles. The minimum atomic E-state index is -0.328. The fraction of sp³-hybridized carbons (Fsp3) is 0.286. The van der Waals surface area contributed by atoms with E-state index in [-0.39, 0.29) is 16.9 Å². The second-order valence-corrected chi connectivity index (χ2v) is 6.76. The molecule has 0 bridgehead atoms. The van der Waals surface area contributed by atoms with Crippen molar-refractivity contribution in [3.63, 3.8) is 0 Å². The van der Waals surface area contributed by atoms with Crippen LogP contribution in [0, 0.1) is 0 Å². The predicted molar refractivity (Wildman–Crippen MR) is 114 cm³/mol. The fourth-order valence-electron chi connectivity index (χ4n) is 2.89. The molecule has 3 rings (SSSR count). The summed E-state index contributed by atoms with van der Waals surface area (Å²) in [4.78, 5) is 26.7. The predicted octanol–water partition coefficient (Wildman–Crippen LogP) is 2.68. The molecule has 0 aliphatic carbocycles. The first-order valence-electron chi connectivity index (χ1n) is 9.39. The number of carbonyl (C=O) groups is 2. The van der Waals surface area contributed by atoms with Crippen LogP contribution >= 0.6 is 12.2 Å². The lowest BCUT2D eigenvalue weighted by Crippen LogP contribution is -2.40. The molecule has 29 heavy (non-hydrogen) atoms. The van der Waals surface area contributed by atoms with E-state index in [4.69, 9.17) is 21.7 Å². The van der Waals surface area contributed by atoms with E-state index < -0.39 is 0 Å². The smallest absolute Gasteiger partial charge is 0.257 e. The highest BCUT2D eigenvalue weighted by molar-refractivity contribution is 7.80. The van der Waals surface area contributed by atoms with Gasteiger partial charge < -0.3 is 19.7 Å². The van der Waals surface area contributed by atoms with E-state index in [1.165, 1.54) is 0 Å². The number of benzene rings is 2. The summed E-state index contributed by atoms with van der Waals surface area (Å²) in [5.41, 5.74) is 1.65. The van der Waals surface area contributed by atoms with Crippen molar-refractivity contribution in [2.24, 2.45) is 0 Å². The minimum absolute atomic E-state index is 0.0544. The summed E-state index contributed by atoms with van der Waals surface area (Å²) < 4.78 is 10.7. The van der Waals surface area contributed by atoms with Gasteiger partial charge in [-0.2, -0.15) is 0 Å². The lowest BCUT2D eigenvalue weighted by Gasteiger charge is -2.27. The van der Waals surface area contributed by atoms with E-state index in [0.717, 1.165) is 0 Å². The van der Waals surface area contributed by atoms with Crippen molar-refractivity contribution in [1.29, 1.82) is 0 Å². The molecule has 152 valence electrons. The molecule has 0 saturated carbocycles. The third-order valence-electron chi connectivity index (χ3n) is 4.32. The Morgan fingerprint density at radius 2 is 1.83 bits per heavy atom. The van der Waals surface area contributed by atoms with Crippen molar-refractivity contribution in [1.82, 2.24) is 10.2 Å². The lowest BCUT2D eigenvalue weighted by molar-refractivity contribution is 0.0303. The van der Waals surface area contributed by atoms with Gasteiger partial charge in [0.25, 0.3) is 11.8 Å². The molecular weight excluding hydrogens is 390 g/mol. The fourth-order valence-corrected chi connectivity index (χ4v) is 3.10. The van der Waals surface area contributed by atoms with E-state index in [9.17, 15) is 9.59 Å². The Labute approximate surface area is 175 Å². The molecular formula is C21H23N3O4S. The van der Waals surface area contributed by atoms with Gasteiger partial charge in [0.1, 0.15) is 5.75 Å². The molecule has 2 aromatic rings. The van der Waals surface area contributed by atoms with Gasteiger partial charge in [-0.15, -0.1) is 0 Å². The largest absolute Gasteiger partial charge is 0.494 e. The summed E-state index contributed by atoms with van der Waals surface area (Å²) in [5.74, 6) is 0.318. The summed E-state index contributed by atoms with van der Waals surface area (Å²) >= 11 is 5.23. The molecule has 8 heteroatoms. The Kier molecular flexibility index (Phi) is 7.15. The molecule has 0 unspecified atom stereocenters. The van der Waals surface area contributed by atoms with Gasteiger partial charge in [0.15, 0.2) is 5.11 Å². The number of ether oxygens (including phenoxy) is 2. The summed E-state index contributed by atoms with van der Waals surface area (Å²) in [6, 6.07) is 13.8. The number of hydrogen-bond acceptors (Lipinski definition) is 5. The minimum Gasteiger partial charge on any atom is -0.494 e. The molecule has 1 saturated heterocycles. The first kappa shape index (κ1) is 20.8. The van der Waals surface area contributed by atoms with Crippen LogP contribution in [0.4, 0.5) is 5.69 Å². The van der Waals surface area contributed by atoms with E-state index in [2.05, 4.69) is 10.6 Å². The summed E-state index contributed by atoms with van der Waals surface area (Å²) in [6.45, 7) is 4.71. The van der Waals surface area contributed by atoms with Crippen LogP contribution in [0.15, 0.2) is 48.5 Å². The van der Waals surface area contributed by atoms with Gasteiger partial charge >= 0.3 is 0 Å². The van der Waals surface area contributed by atoms with Gasteiger partial charge in [-0.25, -0.2) is 0 Å². The van der Waals surface area contributed by atoms with Crippen molar-refractivity contribution >= 4 is 34.8 Å². The Balaban J connectivity index is 1.58. The van der Waals surface area contributed by atoms with Crippen molar-refractivity contribution in [2.45, 2.75) is 6.92 Å². The van der Waals surface area contributed by atoms with Gasteiger partial charge in [-0.3, -0.25) is 14.9 Å². The molecule has 2 N–H and O–H groups in total.